The van der Waals surface area contributed by atoms with Crippen LogP contribution in [-0.4, -0.2) is 44.8 Å². The maximum absolute atomic E-state index is 6.36. The van der Waals surface area contributed by atoms with Crippen molar-refractivity contribution in [2.24, 2.45) is 0 Å². The van der Waals surface area contributed by atoms with Crippen LogP contribution < -0.4 is 14.8 Å². The van der Waals surface area contributed by atoms with E-state index in [0.29, 0.717) is 6.04 Å². The fourth-order valence-corrected chi connectivity index (χ4v) is 3.33. The number of likely N-dealkylation sites (tertiary alicyclic amines) is 1. The Morgan fingerprint density at radius 2 is 2.32 bits per heavy atom. The van der Waals surface area contributed by atoms with E-state index in [1.165, 1.54) is 5.56 Å². The van der Waals surface area contributed by atoms with Crippen molar-refractivity contribution < 1.29 is 9.47 Å². The van der Waals surface area contributed by atoms with E-state index in [1.807, 2.05) is 19.2 Å². The van der Waals surface area contributed by atoms with E-state index < -0.39 is 0 Å². The predicted molar refractivity (Wildman–Crippen MR) is 74.9 cm³/mol. The number of nitrogens with zero attached hydrogens (tertiary/aromatic N) is 1. The van der Waals surface area contributed by atoms with E-state index in [0.717, 1.165) is 37.4 Å². The molecule has 0 bridgehead atoms. The molecule has 4 nitrogen and oxygen atoms in total. The largest absolute Gasteiger partial charge is 0.497 e. The summed E-state index contributed by atoms with van der Waals surface area (Å²) in [4.78, 5) is 2.35. The van der Waals surface area contributed by atoms with Crippen LogP contribution in [0.4, 0.5) is 0 Å². The minimum absolute atomic E-state index is 0.0399. The van der Waals surface area contributed by atoms with Crippen LogP contribution in [0.5, 0.6) is 11.5 Å². The van der Waals surface area contributed by atoms with Crippen LogP contribution in [-0.2, 0) is 0 Å². The highest BCUT2D eigenvalue weighted by Crippen LogP contribution is 2.44. The minimum atomic E-state index is -0.0399. The van der Waals surface area contributed by atoms with Gasteiger partial charge in [-0.05, 0) is 20.2 Å². The van der Waals surface area contributed by atoms with Gasteiger partial charge in [0.25, 0.3) is 0 Å². The van der Waals surface area contributed by atoms with Gasteiger partial charge in [0, 0.05) is 43.6 Å². The molecule has 4 heteroatoms. The molecular weight excluding hydrogens is 240 g/mol. The van der Waals surface area contributed by atoms with Crippen LogP contribution in [0.2, 0.25) is 0 Å². The molecule has 0 aromatic heterocycles. The smallest absolute Gasteiger partial charge is 0.128 e. The predicted octanol–water partition coefficient (Wildman–Crippen LogP) is 1.81. The summed E-state index contributed by atoms with van der Waals surface area (Å²) in [6, 6.07) is 6.49. The van der Waals surface area contributed by atoms with Crippen molar-refractivity contribution in [1.82, 2.24) is 10.2 Å². The van der Waals surface area contributed by atoms with Gasteiger partial charge in [-0.2, -0.15) is 0 Å². The van der Waals surface area contributed by atoms with E-state index in [9.17, 15) is 0 Å². The molecule has 1 N–H and O–H groups in total. The van der Waals surface area contributed by atoms with Crippen molar-refractivity contribution in [2.75, 3.05) is 34.3 Å². The first-order valence-corrected chi connectivity index (χ1v) is 6.88. The number of fused-ring (bicyclic) bond motifs is 1. The van der Waals surface area contributed by atoms with Crippen molar-refractivity contribution in [2.45, 2.75) is 24.5 Å². The Morgan fingerprint density at radius 1 is 1.47 bits per heavy atom. The van der Waals surface area contributed by atoms with Gasteiger partial charge in [0.15, 0.2) is 0 Å². The van der Waals surface area contributed by atoms with Crippen LogP contribution in [0.3, 0.4) is 0 Å². The Bertz CT molecular complexity index is 477. The lowest BCUT2D eigenvalue weighted by Gasteiger charge is -2.40. The molecule has 1 saturated heterocycles. The van der Waals surface area contributed by atoms with E-state index in [4.69, 9.17) is 9.47 Å². The van der Waals surface area contributed by atoms with E-state index in [2.05, 4.69) is 23.3 Å². The normalized spacial score (nSPS) is 30.2. The van der Waals surface area contributed by atoms with Crippen LogP contribution in [0.1, 0.15) is 24.4 Å². The van der Waals surface area contributed by atoms with Crippen molar-refractivity contribution >= 4 is 0 Å². The quantitative estimate of drug-likeness (QED) is 0.881. The summed E-state index contributed by atoms with van der Waals surface area (Å²) in [7, 11) is 5.88. The number of likely N-dealkylation sites (N-methyl/N-ethyl adjacent to an activating group) is 1. The van der Waals surface area contributed by atoms with Gasteiger partial charge in [-0.3, -0.25) is 0 Å². The SMILES string of the molecule is CNC1CC2(CCN(C)C2)Oc2cc(OC)ccc21. The number of methoxy groups -OCH3 is 1. The molecule has 2 unspecified atom stereocenters. The van der Waals surface area contributed by atoms with Gasteiger partial charge in [0.05, 0.1) is 7.11 Å². The average molecular weight is 262 g/mol. The van der Waals surface area contributed by atoms with Gasteiger partial charge >= 0.3 is 0 Å². The Morgan fingerprint density at radius 3 is 2.95 bits per heavy atom. The topological polar surface area (TPSA) is 33.7 Å². The molecule has 3 rings (SSSR count). The van der Waals surface area contributed by atoms with Crippen molar-refractivity contribution in [3.05, 3.63) is 23.8 Å². The first kappa shape index (κ1) is 12.8. The van der Waals surface area contributed by atoms with Gasteiger partial charge in [-0.15, -0.1) is 0 Å². The Balaban J connectivity index is 1.96. The lowest BCUT2D eigenvalue weighted by Crippen LogP contribution is -2.45. The molecule has 0 amide bonds. The zero-order chi connectivity index (χ0) is 13.5. The first-order chi connectivity index (χ1) is 9.15. The molecule has 1 spiro atoms. The van der Waals surface area contributed by atoms with E-state index in [1.54, 1.807) is 7.11 Å². The molecule has 0 saturated carbocycles. The van der Waals surface area contributed by atoms with Gasteiger partial charge < -0.3 is 19.7 Å². The maximum atomic E-state index is 6.36. The molecule has 0 aliphatic carbocycles. The molecular formula is C15H22N2O2. The zero-order valence-electron chi connectivity index (χ0n) is 11.9. The van der Waals surface area contributed by atoms with Crippen LogP contribution in [0, 0.1) is 0 Å². The molecule has 2 aliphatic heterocycles. The third-order valence-electron chi connectivity index (χ3n) is 4.35. The molecule has 1 aromatic carbocycles. The second-order valence-electron chi connectivity index (χ2n) is 5.72. The van der Waals surface area contributed by atoms with Crippen molar-refractivity contribution in [1.29, 1.82) is 0 Å². The minimum Gasteiger partial charge on any atom is -0.497 e. The molecule has 0 radical (unpaired) electrons. The van der Waals surface area contributed by atoms with Crippen LogP contribution >= 0.6 is 0 Å². The molecule has 1 aromatic rings. The number of benzene rings is 1. The van der Waals surface area contributed by atoms with Crippen LogP contribution in [0.25, 0.3) is 0 Å². The van der Waals surface area contributed by atoms with Gasteiger partial charge in [0.1, 0.15) is 17.1 Å². The third kappa shape index (κ3) is 2.19. The molecule has 2 atom stereocenters. The fraction of sp³-hybridized carbons (Fsp3) is 0.600. The molecule has 104 valence electrons. The molecule has 1 fully saturated rings. The van der Waals surface area contributed by atoms with E-state index in [-0.39, 0.29) is 5.60 Å². The summed E-state index contributed by atoms with van der Waals surface area (Å²) in [6.45, 7) is 2.11. The number of rotatable bonds is 2. The van der Waals surface area contributed by atoms with Gasteiger partial charge in [-0.25, -0.2) is 0 Å². The lowest BCUT2D eigenvalue weighted by atomic mass is 9.86. The Labute approximate surface area is 114 Å². The number of nitrogens with one attached hydrogen (secondary N) is 1. The molecule has 19 heavy (non-hydrogen) atoms. The summed E-state index contributed by atoms with van der Waals surface area (Å²) in [5.74, 6) is 1.83. The lowest BCUT2D eigenvalue weighted by molar-refractivity contribution is 0.0417. The first-order valence-electron chi connectivity index (χ1n) is 6.88. The Kier molecular flexibility index (Phi) is 3.15. The summed E-state index contributed by atoms with van der Waals surface area (Å²) in [5.41, 5.74) is 1.20. The summed E-state index contributed by atoms with van der Waals surface area (Å²) in [6.07, 6.45) is 2.13. The summed E-state index contributed by atoms with van der Waals surface area (Å²) >= 11 is 0. The summed E-state index contributed by atoms with van der Waals surface area (Å²) in [5, 5.41) is 3.42. The van der Waals surface area contributed by atoms with Crippen LogP contribution in [0.15, 0.2) is 18.2 Å². The number of ether oxygens (including phenoxy) is 2. The maximum Gasteiger partial charge on any atom is 0.128 e. The highest BCUT2D eigenvalue weighted by atomic mass is 16.5. The standard InChI is InChI=1S/C15H22N2O2/c1-16-13-9-15(6-7-17(2)10-15)19-14-8-11(18-3)4-5-12(13)14/h4-5,8,13,16H,6-7,9-10H2,1-3H3. The van der Waals surface area contributed by atoms with E-state index >= 15 is 0 Å². The summed E-state index contributed by atoms with van der Waals surface area (Å²) < 4.78 is 11.7. The van der Waals surface area contributed by atoms with Gasteiger partial charge in [-0.1, -0.05) is 6.07 Å². The highest BCUT2D eigenvalue weighted by Gasteiger charge is 2.44. The van der Waals surface area contributed by atoms with Gasteiger partial charge in [0.2, 0.25) is 0 Å². The fourth-order valence-electron chi connectivity index (χ4n) is 3.33. The highest BCUT2D eigenvalue weighted by molar-refractivity contribution is 5.44. The number of hydrogen-bond donors (Lipinski definition) is 1. The number of hydrogen-bond acceptors (Lipinski definition) is 4. The van der Waals surface area contributed by atoms with Crippen molar-refractivity contribution in [3.63, 3.8) is 0 Å². The average Bonchev–Trinajstić information content (AvgIpc) is 2.77. The second-order valence-corrected chi connectivity index (χ2v) is 5.72. The molecule has 2 aliphatic rings. The van der Waals surface area contributed by atoms with Crippen molar-refractivity contribution in [3.8, 4) is 11.5 Å². The second kappa shape index (κ2) is 4.69. The monoisotopic (exact) mass is 262 g/mol. The third-order valence-corrected chi connectivity index (χ3v) is 4.35. The molecule has 2 heterocycles. The zero-order valence-corrected chi connectivity index (χ0v) is 11.9. The Hall–Kier alpha value is -1.26.